The van der Waals surface area contributed by atoms with Crippen LogP contribution in [0.1, 0.15) is 5.01 Å². The number of aromatic amines is 1. The van der Waals surface area contributed by atoms with Gasteiger partial charge in [-0.05, 0) is 13.0 Å². The lowest BCUT2D eigenvalue weighted by Crippen LogP contribution is -1.92. The average Bonchev–Trinajstić information content (AvgIpc) is 2.99. The molecule has 0 aliphatic rings. The van der Waals surface area contributed by atoms with Crippen molar-refractivity contribution in [1.82, 2.24) is 15.2 Å². The van der Waals surface area contributed by atoms with Gasteiger partial charge in [-0.3, -0.25) is 5.10 Å². The highest BCUT2D eigenvalue weighted by Gasteiger charge is 2.20. The van der Waals surface area contributed by atoms with Gasteiger partial charge >= 0.3 is 0 Å². The van der Waals surface area contributed by atoms with Crippen LogP contribution >= 0.6 is 22.9 Å². The van der Waals surface area contributed by atoms with Crippen LogP contribution in [0, 0.1) is 12.7 Å². The van der Waals surface area contributed by atoms with E-state index >= 15 is 0 Å². The first kappa shape index (κ1) is 13.1. The molecule has 0 unspecified atom stereocenters. The Hall–Kier alpha value is -1.92. The third-order valence-corrected chi connectivity index (χ3v) is 3.96. The number of rotatable bonds is 2. The van der Waals surface area contributed by atoms with Crippen LogP contribution < -0.4 is 5.73 Å². The molecule has 0 atom stereocenters. The number of H-pyrrole nitrogens is 1. The van der Waals surface area contributed by atoms with E-state index < -0.39 is 5.82 Å². The van der Waals surface area contributed by atoms with Crippen LogP contribution in [-0.4, -0.2) is 15.2 Å². The van der Waals surface area contributed by atoms with Gasteiger partial charge in [0.05, 0.1) is 27.0 Å². The highest BCUT2D eigenvalue weighted by molar-refractivity contribution is 7.09. The lowest BCUT2D eigenvalue weighted by Gasteiger charge is -2.05. The minimum atomic E-state index is -0.518. The Morgan fingerprint density at radius 2 is 2.20 bits per heavy atom. The molecule has 3 rings (SSSR count). The van der Waals surface area contributed by atoms with Gasteiger partial charge < -0.3 is 5.73 Å². The number of nitrogens with one attached hydrogen (secondary N) is 1. The Labute approximate surface area is 123 Å². The van der Waals surface area contributed by atoms with Crippen LogP contribution in [0.5, 0.6) is 0 Å². The Morgan fingerprint density at radius 3 is 2.90 bits per heavy atom. The lowest BCUT2D eigenvalue weighted by atomic mass is 10.0. The minimum Gasteiger partial charge on any atom is -0.382 e. The molecule has 7 heteroatoms. The molecule has 0 saturated heterocycles. The topological polar surface area (TPSA) is 67.6 Å². The summed E-state index contributed by atoms with van der Waals surface area (Å²) in [7, 11) is 0. The van der Waals surface area contributed by atoms with E-state index in [1.54, 1.807) is 12.1 Å². The second-order valence-corrected chi connectivity index (χ2v) is 5.68. The molecule has 0 radical (unpaired) electrons. The summed E-state index contributed by atoms with van der Waals surface area (Å²) in [6.45, 7) is 1.90. The van der Waals surface area contributed by atoms with Crippen molar-refractivity contribution >= 4 is 28.8 Å². The van der Waals surface area contributed by atoms with Crippen LogP contribution in [0.2, 0.25) is 5.02 Å². The molecular formula is C13H10ClFN4S. The first-order valence-electron chi connectivity index (χ1n) is 5.78. The average molecular weight is 309 g/mol. The molecular weight excluding hydrogens is 299 g/mol. The summed E-state index contributed by atoms with van der Waals surface area (Å²) in [6.07, 6.45) is 0. The van der Waals surface area contributed by atoms with Crippen LogP contribution in [0.4, 0.5) is 10.2 Å². The fourth-order valence-electron chi connectivity index (χ4n) is 1.99. The molecule has 0 bridgehead atoms. The second-order valence-electron chi connectivity index (χ2n) is 4.21. The van der Waals surface area contributed by atoms with Crippen LogP contribution in [0.15, 0.2) is 23.6 Å². The number of benzene rings is 1. The molecule has 102 valence electrons. The second kappa shape index (κ2) is 4.88. The number of nitrogens with two attached hydrogens (primary N) is 1. The monoisotopic (exact) mass is 308 g/mol. The smallest absolute Gasteiger partial charge is 0.153 e. The third-order valence-electron chi connectivity index (χ3n) is 2.89. The highest BCUT2D eigenvalue weighted by atomic mass is 35.5. The summed E-state index contributed by atoms with van der Waals surface area (Å²) < 4.78 is 14.2. The van der Waals surface area contributed by atoms with Crippen LogP contribution in [0.3, 0.4) is 0 Å². The Kier molecular flexibility index (Phi) is 3.19. The van der Waals surface area contributed by atoms with Crippen LogP contribution in [0.25, 0.3) is 22.5 Å². The molecule has 0 aliphatic carbocycles. The summed E-state index contributed by atoms with van der Waals surface area (Å²) in [5.41, 5.74) is 7.93. The molecule has 3 aromatic rings. The van der Waals surface area contributed by atoms with Crippen molar-refractivity contribution < 1.29 is 4.39 Å². The van der Waals surface area contributed by atoms with E-state index in [4.69, 9.17) is 17.3 Å². The van der Waals surface area contributed by atoms with Crippen molar-refractivity contribution in [2.45, 2.75) is 6.92 Å². The first-order chi connectivity index (χ1) is 9.58. The molecule has 0 aliphatic heterocycles. The highest BCUT2D eigenvalue weighted by Crippen LogP contribution is 2.37. The van der Waals surface area contributed by atoms with Crippen molar-refractivity contribution in [3.05, 3.63) is 39.4 Å². The number of anilines is 1. The first-order valence-corrected chi connectivity index (χ1v) is 7.04. The molecule has 0 saturated carbocycles. The molecule has 2 aromatic heterocycles. The molecule has 0 spiro atoms. The predicted molar refractivity (Wildman–Crippen MR) is 79.2 cm³/mol. The molecule has 0 fully saturated rings. The lowest BCUT2D eigenvalue weighted by molar-refractivity contribution is 0.632. The van der Waals surface area contributed by atoms with E-state index in [1.807, 2.05) is 12.3 Å². The predicted octanol–water partition coefficient (Wildman–Crippen LogP) is 3.88. The molecule has 1 aromatic carbocycles. The number of thiazole rings is 1. The van der Waals surface area contributed by atoms with Crippen molar-refractivity contribution in [2.75, 3.05) is 5.73 Å². The van der Waals surface area contributed by atoms with Gasteiger partial charge in [0.2, 0.25) is 0 Å². The molecule has 4 nitrogen and oxygen atoms in total. The standard InChI is InChI=1S/C13H10ClFN4S/c1-6-17-9(5-20-6)12-10(13(16)19-18-12)7-3-2-4-8(14)11(7)15/h2-5H,1H3,(H3,16,18,19). The third kappa shape index (κ3) is 2.07. The molecule has 0 amide bonds. The Morgan fingerprint density at radius 1 is 1.40 bits per heavy atom. The van der Waals surface area contributed by atoms with Crippen molar-refractivity contribution in [1.29, 1.82) is 0 Å². The SMILES string of the molecule is Cc1nc(-c2[nH]nc(N)c2-c2cccc(Cl)c2F)cs1. The van der Waals surface area contributed by atoms with Gasteiger partial charge in [-0.25, -0.2) is 9.37 Å². The molecule has 20 heavy (non-hydrogen) atoms. The zero-order chi connectivity index (χ0) is 14.3. The Balaban J connectivity index is 2.24. The van der Waals surface area contributed by atoms with Gasteiger partial charge in [-0.15, -0.1) is 11.3 Å². The molecule has 3 N–H and O–H groups in total. The maximum absolute atomic E-state index is 14.2. The zero-order valence-corrected chi connectivity index (χ0v) is 12.0. The maximum Gasteiger partial charge on any atom is 0.153 e. The number of aromatic nitrogens is 3. The van der Waals surface area contributed by atoms with Gasteiger partial charge in [0.25, 0.3) is 0 Å². The number of aryl methyl sites for hydroxylation is 1. The van der Waals surface area contributed by atoms with Gasteiger partial charge in [0.1, 0.15) is 5.82 Å². The van der Waals surface area contributed by atoms with Crippen molar-refractivity contribution in [3.63, 3.8) is 0 Å². The fraction of sp³-hybridized carbons (Fsp3) is 0.0769. The van der Waals surface area contributed by atoms with Gasteiger partial charge in [0.15, 0.2) is 5.82 Å². The number of hydrogen-bond donors (Lipinski definition) is 2. The van der Waals surface area contributed by atoms with Gasteiger partial charge in [-0.1, -0.05) is 23.7 Å². The summed E-state index contributed by atoms with van der Waals surface area (Å²) in [5.74, 6) is -0.303. The minimum absolute atomic E-state index is 0.0449. The van der Waals surface area contributed by atoms with E-state index in [9.17, 15) is 4.39 Å². The van der Waals surface area contributed by atoms with E-state index in [-0.39, 0.29) is 10.8 Å². The van der Waals surface area contributed by atoms with Gasteiger partial charge in [0, 0.05) is 10.9 Å². The van der Waals surface area contributed by atoms with E-state index in [1.165, 1.54) is 17.4 Å². The molecule has 2 heterocycles. The van der Waals surface area contributed by atoms with Gasteiger partial charge in [-0.2, -0.15) is 5.10 Å². The quantitative estimate of drug-likeness (QED) is 0.755. The fourth-order valence-corrected chi connectivity index (χ4v) is 2.77. The van der Waals surface area contributed by atoms with Crippen molar-refractivity contribution in [3.8, 4) is 22.5 Å². The number of nitrogens with zero attached hydrogens (tertiary/aromatic N) is 2. The summed E-state index contributed by atoms with van der Waals surface area (Å²) in [6, 6.07) is 4.78. The van der Waals surface area contributed by atoms with E-state index in [0.29, 0.717) is 22.5 Å². The number of nitrogen functional groups attached to an aromatic ring is 1. The van der Waals surface area contributed by atoms with E-state index in [2.05, 4.69) is 15.2 Å². The summed E-state index contributed by atoms with van der Waals surface area (Å²) in [5, 5.41) is 9.59. The summed E-state index contributed by atoms with van der Waals surface area (Å²) >= 11 is 7.33. The van der Waals surface area contributed by atoms with E-state index in [0.717, 1.165) is 5.01 Å². The zero-order valence-electron chi connectivity index (χ0n) is 10.4. The summed E-state index contributed by atoms with van der Waals surface area (Å²) in [4.78, 5) is 4.37. The van der Waals surface area contributed by atoms with Crippen molar-refractivity contribution in [2.24, 2.45) is 0 Å². The van der Waals surface area contributed by atoms with Crippen LogP contribution in [-0.2, 0) is 0 Å². The normalized spacial score (nSPS) is 10.9. The largest absolute Gasteiger partial charge is 0.382 e. The number of halogens is 2. The number of hydrogen-bond acceptors (Lipinski definition) is 4. The maximum atomic E-state index is 14.2. The Bertz CT molecular complexity index is 781.